The maximum Gasteiger partial charge on any atom is 0.247 e. The highest BCUT2D eigenvalue weighted by atomic mass is 32.2. The molecule has 0 bridgehead atoms. The number of phenols is 1. The third-order valence-corrected chi connectivity index (χ3v) is 5.32. The summed E-state index contributed by atoms with van der Waals surface area (Å²) in [4.78, 5) is -0.0528. The molecule has 0 heterocycles. The van der Waals surface area contributed by atoms with E-state index >= 15 is 0 Å². The van der Waals surface area contributed by atoms with Crippen LogP contribution in [0.2, 0.25) is 0 Å². The Bertz CT molecular complexity index is 512. The molecule has 20 heavy (non-hydrogen) atoms. The third-order valence-electron chi connectivity index (χ3n) is 3.32. The van der Waals surface area contributed by atoms with Gasteiger partial charge in [0.1, 0.15) is 10.6 Å². The second-order valence-electron chi connectivity index (χ2n) is 4.55. The molecule has 0 spiro atoms. The lowest BCUT2D eigenvalue weighted by Crippen LogP contribution is -2.41. The van der Waals surface area contributed by atoms with E-state index in [0.29, 0.717) is 19.4 Å². The Morgan fingerprint density at radius 2 is 1.85 bits per heavy atom. The summed E-state index contributed by atoms with van der Waals surface area (Å²) in [7, 11) is -2.18. The summed E-state index contributed by atoms with van der Waals surface area (Å²) in [5.74, 6) is -0.221. The normalized spacial score (nSPS) is 12.2. The van der Waals surface area contributed by atoms with Gasteiger partial charge in [-0.25, -0.2) is 8.42 Å². The molecule has 6 heteroatoms. The Labute approximate surface area is 121 Å². The number of sulfonamides is 1. The SMILES string of the molecule is CCC(CC)N(CCOC)S(=O)(=O)c1ccccc1O. The lowest BCUT2D eigenvalue weighted by Gasteiger charge is -2.29. The zero-order chi connectivity index (χ0) is 15.2. The summed E-state index contributed by atoms with van der Waals surface area (Å²) in [6.45, 7) is 4.51. The number of para-hydroxylation sites is 1. The average molecular weight is 301 g/mol. The number of ether oxygens (including phenoxy) is 1. The minimum atomic E-state index is -3.72. The number of rotatable bonds is 8. The highest BCUT2D eigenvalue weighted by Gasteiger charge is 2.31. The van der Waals surface area contributed by atoms with E-state index in [2.05, 4.69) is 0 Å². The molecular formula is C14H23NO4S. The van der Waals surface area contributed by atoms with Crippen LogP contribution in [0.15, 0.2) is 29.2 Å². The summed E-state index contributed by atoms with van der Waals surface area (Å²) < 4.78 is 31.9. The second kappa shape index (κ2) is 7.61. The van der Waals surface area contributed by atoms with Crippen molar-refractivity contribution in [2.45, 2.75) is 37.6 Å². The zero-order valence-corrected chi connectivity index (χ0v) is 13.1. The van der Waals surface area contributed by atoms with Crippen molar-refractivity contribution < 1.29 is 18.3 Å². The first-order valence-electron chi connectivity index (χ1n) is 6.77. The van der Waals surface area contributed by atoms with Crippen LogP contribution in [0, 0.1) is 0 Å². The van der Waals surface area contributed by atoms with Crippen LogP contribution >= 0.6 is 0 Å². The maximum atomic E-state index is 12.7. The molecule has 1 aromatic carbocycles. The zero-order valence-electron chi connectivity index (χ0n) is 12.2. The summed E-state index contributed by atoms with van der Waals surface area (Å²) in [6, 6.07) is 5.91. The van der Waals surface area contributed by atoms with Gasteiger partial charge in [-0.15, -0.1) is 0 Å². The molecule has 1 N–H and O–H groups in total. The van der Waals surface area contributed by atoms with E-state index in [1.54, 1.807) is 12.1 Å². The molecule has 0 aliphatic rings. The summed E-state index contributed by atoms with van der Waals surface area (Å²) >= 11 is 0. The Morgan fingerprint density at radius 1 is 1.25 bits per heavy atom. The summed E-state index contributed by atoms with van der Waals surface area (Å²) in [5.41, 5.74) is 0. The lowest BCUT2D eigenvalue weighted by atomic mass is 10.2. The van der Waals surface area contributed by atoms with Crippen LogP contribution in [-0.4, -0.2) is 44.1 Å². The first-order valence-corrected chi connectivity index (χ1v) is 8.21. The van der Waals surface area contributed by atoms with Crippen molar-refractivity contribution in [1.29, 1.82) is 0 Å². The van der Waals surface area contributed by atoms with E-state index in [4.69, 9.17) is 4.74 Å². The molecule has 0 radical (unpaired) electrons. The first-order chi connectivity index (χ1) is 9.48. The number of aromatic hydroxyl groups is 1. The van der Waals surface area contributed by atoms with Gasteiger partial charge in [-0.05, 0) is 25.0 Å². The van der Waals surface area contributed by atoms with Gasteiger partial charge in [-0.3, -0.25) is 0 Å². The molecule has 0 aromatic heterocycles. The average Bonchev–Trinajstić information content (AvgIpc) is 2.43. The minimum Gasteiger partial charge on any atom is -0.507 e. The summed E-state index contributed by atoms with van der Waals surface area (Å²) in [6.07, 6.45) is 1.43. The van der Waals surface area contributed by atoms with Gasteiger partial charge in [0.25, 0.3) is 0 Å². The number of hydrogen-bond acceptors (Lipinski definition) is 4. The van der Waals surface area contributed by atoms with Crippen molar-refractivity contribution in [3.8, 4) is 5.75 Å². The van der Waals surface area contributed by atoms with Gasteiger partial charge in [0, 0.05) is 19.7 Å². The van der Waals surface area contributed by atoms with E-state index in [9.17, 15) is 13.5 Å². The van der Waals surface area contributed by atoms with E-state index in [1.807, 2.05) is 13.8 Å². The fourth-order valence-corrected chi connectivity index (χ4v) is 4.02. The van der Waals surface area contributed by atoms with Crippen LogP contribution in [0.4, 0.5) is 0 Å². The first kappa shape index (κ1) is 16.9. The van der Waals surface area contributed by atoms with Crippen LogP contribution in [0.25, 0.3) is 0 Å². The lowest BCUT2D eigenvalue weighted by molar-refractivity contribution is 0.163. The van der Waals surface area contributed by atoms with Gasteiger partial charge in [0.2, 0.25) is 10.0 Å². The number of phenolic OH excluding ortho intramolecular Hbond substituents is 1. The fourth-order valence-electron chi connectivity index (χ4n) is 2.18. The molecule has 1 aromatic rings. The minimum absolute atomic E-state index is 0.0528. The monoisotopic (exact) mass is 301 g/mol. The van der Waals surface area contributed by atoms with Gasteiger partial charge >= 0.3 is 0 Å². The molecule has 0 saturated heterocycles. The molecule has 5 nitrogen and oxygen atoms in total. The largest absolute Gasteiger partial charge is 0.507 e. The Kier molecular flexibility index (Phi) is 6.45. The second-order valence-corrected chi connectivity index (χ2v) is 6.41. The number of methoxy groups -OCH3 is 1. The van der Waals surface area contributed by atoms with E-state index < -0.39 is 10.0 Å². The van der Waals surface area contributed by atoms with Crippen LogP contribution in [-0.2, 0) is 14.8 Å². The molecule has 0 fully saturated rings. The smallest absolute Gasteiger partial charge is 0.247 e. The van der Waals surface area contributed by atoms with Crippen molar-refractivity contribution in [3.63, 3.8) is 0 Å². The molecule has 0 amide bonds. The molecular weight excluding hydrogens is 278 g/mol. The van der Waals surface area contributed by atoms with Crippen molar-refractivity contribution >= 4 is 10.0 Å². The Morgan fingerprint density at radius 3 is 2.35 bits per heavy atom. The molecule has 0 saturated carbocycles. The molecule has 114 valence electrons. The van der Waals surface area contributed by atoms with Crippen LogP contribution in [0.5, 0.6) is 5.75 Å². The van der Waals surface area contributed by atoms with Crippen LogP contribution in [0.3, 0.4) is 0 Å². The molecule has 0 unspecified atom stereocenters. The van der Waals surface area contributed by atoms with Crippen LogP contribution in [0.1, 0.15) is 26.7 Å². The van der Waals surface area contributed by atoms with Gasteiger partial charge in [0.05, 0.1) is 6.61 Å². The van der Waals surface area contributed by atoms with Crippen molar-refractivity contribution in [1.82, 2.24) is 4.31 Å². The fraction of sp³-hybridized carbons (Fsp3) is 0.571. The molecule has 0 aliphatic heterocycles. The molecule has 0 aliphatic carbocycles. The predicted molar refractivity (Wildman–Crippen MR) is 78.2 cm³/mol. The van der Waals surface area contributed by atoms with Crippen molar-refractivity contribution in [2.24, 2.45) is 0 Å². The van der Waals surface area contributed by atoms with Gasteiger partial charge in [-0.1, -0.05) is 26.0 Å². The highest BCUT2D eigenvalue weighted by molar-refractivity contribution is 7.89. The van der Waals surface area contributed by atoms with E-state index in [-0.39, 0.29) is 23.2 Å². The maximum absolute atomic E-state index is 12.7. The van der Waals surface area contributed by atoms with Crippen LogP contribution < -0.4 is 0 Å². The number of nitrogens with zero attached hydrogens (tertiary/aromatic N) is 1. The summed E-state index contributed by atoms with van der Waals surface area (Å²) in [5, 5.41) is 9.81. The van der Waals surface area contributed by atoms with E-state index in [0.717, 1.165) is 0 Å². The van der Waals surface area contributed by atoms with Crippen molar-refractivity contribution in [3.05, 3.63) is 24.3 Å². The topological polar surface area (TPSA) is 66.8 Å². The molecule has 1 rings (SSSR count). The third kappa shape index (κ3) is 3.71. The predicted octanol–water partition coefficient (Wildman–Crippen LogP) is 2.22. The van der Waals surface area contributed by atoms with Gasteiger partial charge < -0.3 is 9.84 Å². The standard InChI is InChI=1S/C14H23NO4S/c1-4-12(5-2)15(10-11-19-3)20(17,18)14-9-7-6-8-13(14)16/h6-9,12,16H,4-5,10-11H2,1-3H3. The van der Waals surface area contributed by atoms with Gasteiger partial charge in [0.15, 0.2) is 0 Å². The molecule has 0 atom stereocenters. The van der Waals surface area contributed by atoms with E-state index in [1.165, 1.54) is 23.5 Å². The number of hydrogen-bond donors (Lipinski definition) is 1. The quantitative estimate of drug-likeness (QED) is 0.799. The Balaban J connectivity index is 3.20. The highest BCUT2D eigenvalue weighted by Crippen LogP contribution is 2.27. The number of benzene rings is 1. The van der Waals surface area contributed by atoms with Gasteiger partial charge in [-0.2, -0.15) is 4.31 Å². The van der Waals surface area contributed by atoms with Crippen molar-refractivity contribution in [2.75, 3.05) is 20.3 Å². The Hall–Kier alpha value is -1.11.